The zero-order valence-electron chi connectivity index (χ0n) is 7.83. The minimum atomic E-state index is -0.227. The van der Waals surface area contributed by atoms with Crippen LogP contribution in [0.2, 0.25) is 0 Å². The number of amides is 1. The summed E-state index contributed by atoms with van der Waals surface area (Å²) in [5, 5.41) is 3.34. The van der Waals surface area contributed by atoms with Crippen molar-refractivity contribution in [1.29, 1.82) is 0 Å². The smallest absolute Gasteiger partial charge is 0.409 e. The van der Waals surface area contributed by atoms with Crippen LogP contribution in [0.5, 0.6) is 0 Å². The lowest BCUT2D eigenvalue weighted by atomic mass is 10.2. The molecule has 0 saturated carbocycles. The van der Waals surface area contributed by atoms with Gasteiger partial charge in [0.05, 0.1) is 7.11 Å². The van der Waals surface area contributed by atoms with E-state index in [9.17, 15) is 4.79 Å². The molecule has 1 amide bonds. The maximum Gasteiger partial charge on any atom is 0.409 e. The molecule has 4 heteroatoms. The fourth-order valence-corrected chi connectivity index (χ4v) is 1.60. The van der Waals surface area contributed by atoms with Crippen LogP contribution in [0.15, 0.2) is 0 Å². The Morgan fingerprint density at radius 1 is 1.42 bits per heavy atom. The summed E-state index contributed by atoms with van der Waals surface area (Å²) < 4.78 is 4.65. The fourth-order valence-electron chi connectivity index (χ4n) is 1.60. The van der Waals surface area contributed by atoms with E-state index in [0.29, 0.717) is 12.1 Å². The van der Waals surface area contributed by atoms with Crippen molar-refractivity contribution in [2.45, 2.75) is 25.9 Å². The summed E-state index contributed by atoms with van der Waals surface area (Å²) in [7, 11) is 1.42. The number of hydrogen-bond acceptors (Lipinski definition) is 3. The largest absolute Gasteiger partial charge is 0.453 e. The van der Waals surface area contributed by atoms with Gasteiger partial charge < -0.3 is 15.0 Å². The monoisotopic (exact) mass is 172 g/mol. The van der Waals surface area contributed by atoms with Crippen LogP contribution in [-0.4, -0.2) is 43.3 Å². The summed E-state index contributed by atoms with van der Waals surface area (Å²) >= 11 is 0. The van der Waals surface area contributed by atoms with E-state index >= 15 is 0 Å². The molecule has 0 unspecified atom stereocenters. The first-order valence-electron chi connectivity index (χ1n) is 4.22. The highest BCUT2D eigenvalue weighted by Gasteiger charge is 2.24. The first kappa shape index (κ1) is 9.32. The molecule has 1 saturated heterocycles. The van der Waals surface area contributed by atoms with Crippen LogP contribution in [0, 0.1) is 0 Å². The Labute approximate surface area is 72.9 Å². The summed E-state index contributed by atoms with van der Waals surface area (Å²) in [6.45, 7) is 5.59. The van der Waals surface area contributed by atoms with Gasteiger partial charge in [-0.05, 0) is 13.8 Å². The highest BCUT2D eigenvalue weighted by molar-refractivity contribution is 5.67. The minimum Gasteiger partial charge on any atom is -0.453 e. The fraction of sp³-hybridized carbons (Fsp3) is 0.875. The van der Waals surface area contributed by atoms with Gasteiger partial charge in [0.15, 0.2) is 0 Å². The van der Waals surface area contributed by atoms with Crippen molar-refractivity contribution in [3.63, 3.8) is 0 Å². The molecular weight excluding hydrogens is 156 g/mol. The number of nitrogens with zero attached hydrogens (tertiary/aromatic N) is 1. The van der Waals surface area contributed by atoms with Crippen molar-refractivity contribution in [2.75, 3.05) is 20.2 Å². The number of methoxy groups -OCH3 is 1. The van der Waals surface area contributed by atoms with Gasteiger partial charge in [0.1, 0.15) is 0 Å². The molecule has 0 radical (unpaired) electrons. The lowest BCUT2D eigenvalue weighted by Gasteiger charge is -2.34. The molecule has 1 aliphatic heterocycles. The second-order valence-electron chi connectivity index (χ2n) is 3.34. The number of piperazine rings is 1. The van der Waals surface area contributed by atoms with Gasteiger partial charge in [-0.15, -0.1) is 0 Å². The Balaban J connectivity index is 2.49. The Morgan fingerprint density at radius 3 is 2.33 bits per heavy atom. The van der Waals surface area contributed by atoms with Gasteiger partial charge in [0.2, 0.25) is 0 Å². The van der Waals surface area contributed by atoms with Crippen molar-refractivity contribution in [1.82, 2.24) is 10.2 Å². The van der Waals surface area contributed by atoms with Crippen LogP contribution in [0.1, 0.15) is 13.8 Å². The predicted molar refractivity (Wildman–Crippen MR) is 46.0 cm³/mol. The van der Waals surface area contributed by atoms with Crippen LogP contribution in [-0.2, 0) is 4.74 Å². The molecule has 0 aromatic carbocycles. The van der Waals surface area contributed by atoms with Crippen LogP contribution >= 0.6 is 0 Å². The highest BCUT2D eigenvalue weighted by Crippen LogP contribution is 2.04. The molecule has 1 fully saturated rings. The normalized spacial score (nSPS) is 30.1. The lowest BCUT2D eigenvalue weighted by molar-refractivity contribution is 0.102. The number of carbonyl (C=O) groups excluding carboxylic acids is 1. The predicted octanol–water partition coefficient (Wildman–Crippen LogP) is 0.435. The maximum atomic E-state index is 11.1. The van der Waals surface area contributed by atoms with Crippen molar-refractivity contribution in [3.8, 4) is 0 Å². The van der Waals surface area contributed by atoms with Crippen molar-refractivity contribution in [2.24, 2.45) is 0 Å². The average molecular weight is 172 g/mol. The molecule has 12 heavy (non-hydrogen) atoms. The number of carbonyl (C=O) groups is 1. The Kier molecular flexibility index (Phi) is 2.92. The minimum absolute atomic E-state index is 0.227. The van der Waals surface area contributed by atoms with Gasteiger partial charge in [-0.3, -0.25) is 0 Å². The molecule has 1 heterocycles. The van der Waals surface area contributed by atoms with Crippen molar-refractivity contribution < 1.29 is 9.53 Å². The van der Waals surface area contributed by atoms with Crippen LogP contribution < -0.4 is 5.32 Å². The van der Waals surface area contributed by atoms with E-state index in [0.717, 1.165) is 13.1 Å². The Morgan fingerprint density at radius 2 is 1.92 bits per heavy atom. The molecule has 70 valence electrons. The van der Waals surface area contributed by atoms with Gasteiger partial charge in [-0.2, -0.15) is 0 Å². The summed E-state index contributed by atoms with van der Waals surface area (Å²) in [5.41, 5.74) is 0. The standard InChI is InChI=1S/C8H16N2O2/c1-6-4-10(8(11)12-3)5-7(2)9-6/h6-7,9H,4-5H2,1-3H3/t6-,7+. The summed E-state index contributed by atoms with van der Waals surface area (Å²) in [4.78, 5) is 12.9. The van der Waals surface area contributed by atoms with E-state index in [1.807, 2.05) is 0 Å². The molecule has 4 nitrogen and oxygen atoms in total. The molecule has 0 aliphatic carbocycles. The van der Waals surface area contributed by atoms with Crippen LogP contribution in [0.4, 0.5) is 4.79 Å². The molecule has 0 aromatic heterocycles. The average Bonchev–Trinajstić information content (AvgIpc) is 2.01. The summed E-state index contributed by atoms with van der Waals surface area (Å²) in [6, 6.07) is 0.709. The second kappa shape index (κ2) is 3.76. The van der Waals surface area contributed by atoms with Crippen LogP contribution in [0.3, 0.4) is 0 Å². The number of nitrogens with one attached hydrogen (secondary N) is 1. The van der Waals surface area contributed by atoms with Crippen LogP contribution in [0.25, 0.3) is 0 Å². The zero-order chi connectivity index (χ0) is 9.14. The molecule has 2 atom stereocenters. The molecule has 0 spiro atoms. The zero-order valence-corrected chi connectivity index (χ0v) is 7.83. The van der Waals surface area contributed by atoms with E-state index in [-0.39, 0.29) is 6.09 Å². The molecule has 0 aromatic rings. The molecule has 1 aliphatic rings. The maximum absolute atomic E-state index is 11.1. The van der Waals surface area contributed by atoms with Crippen molar-refractivity contribution >= 4 is 6.09 Å². The Hall–Kier alpha value is -0.770. The van der Waals surface area contributed by atoms with E-state index in [1.54, 1.807) is 4.90 Å². The van der Waals surface area contributed by atoms with Gasteiger partial charge in [0.25, 0.3) is 0 Å². The third-order valence-electron chi connectivity index (χ3n) is 1.99. The van der Waals surface area contributed by atoms with Crippen molar-refractivity contribution in [3.05, 3.63) is 0 Å². The molecular formula is C8H16N2O2. The van der Waals surface area contributed by atoms with E-state index in [2.05, 4.69) is 23.9 Å². The van der Waals surface area contributed by atoms with Gasteiger partial charge >= 0.3 is 6.09 Å². The molecule has 1 N–H and O–H groups in total. The lowest BCUT2D eigenvalue weighted by Crippen LogP contribution is -2.55. The highest BCUT2D eigenvalue weighted by atomic mass is 16.5. The summed E-state index contributed by atoms with van der Waals surface area (Å²) in [5.74, 6) is 0. The van der Waals surface area contributed by atoms with E-state index < -0.39 is 0 Å². The van der Waals surface area contributed by atoms with E-state index in [4.69, 9.17) is 0 Å². The first-order valence-corrected chi connectivity index (χ1v) is 4.22. The summed E-state index contributed by atoms with van der Waals surface area (Å²) in [6.07, 6.45) is -0.227. The van der Waals surface area contributed by atoms with Gasteiger partial charge in [0, 0.05) is 25.2 Å². The first-order chi connectivity index (χ1) is 5.63. The third kappa shape index (κ3) is 2.11. The SMILES string of the molecule is COC(=O)N1C[C@@H](C)N[C@@H](C)C1. The number of ether oxygens (including phenoxy) is 1. The molecule has 1 rings (SSSR count). The van der Waals surface area contributed by atoms with E-state index in [1.165, 1.54) is 7.11 Å². The topological polar surface area (TPSA) is 41.6 Å². The quantitative estimate of drug-likeness (QED) is 0.576. The number of rotatable bonds is 0. The van der Waals surface area contributed by atoms with Gasteiger partial charge in [-0.25, -0.2) is 4.79 Å². The Bertz CT molecular complexity index is 162. The second-order valence-corrected chi connectivity index (χ2v) is 3.34. The molecule has 0 bridgehead atoms. The third-order valence-corrected chi connectivity index (χ3v) is 1.99. The van der Waals surface area contributed by atoms with Gasteiger partial charge in [-0.1, -0.05) is 0 Å². The number of hydrogen-bond donors (Lipinski definition) is 1.